The average Bonchev–Trinajstić information content (AvgIpc) is 2.80. The lowest BCUT2D eigenvalue weighted by Crippen LogP contribution is -2.32. The van der Waals surface area contributed by atoms with Crippen LogP contribution in [0.3, 0.4) is 0 Å². The van der Waals surface area contributed by atoms with Crippen LogP contribution in [0, 0.1) is 0 Å². The van der Waals surface area contributed by atoms with Crippen LogP contribution in [0.2, 0.25) is 0 Å². The summed E-state index contributed by atoms with van der Waals surface area (Å²) < 4.78 is 49.3. The molecule has 0 unspecified atom stereocenters. The highest BCUT2D eigenvalue weighted by atomic mass is 19.4. The van der Waals surface area contributed by atoms with E-state index < -0.39 is 47.9 Å². The molecule has 22 heavy (non-hydrogen) atoms. The van der Waals surface area contributed by atoms with Crippen molar-refractivity contribution in [3.05, 3.63) is 44.8 Å². The van der Waals surface area contributed by atoms with Crippen molar-refractivity contribution < 1.29 is 27.4 Å². The fraction of sp³-hybridized carbons (Fsp3) is 0.417. The molecule has 1 aromatic heterocycles. The van der Waals surface area contributed by atoms with Gasteiger partial charge in [0.2, 0.25) is 0 Å². The minimum absolute atomic E-state index is 0.630. The van der Waals surface area contributed by atoms with Gasteiger partial charge < -0.3 is 9.47 Å². The molecule has 0 aliphatic carbocycles. The molecule has 1 N–H and O–H groups in total. The largest absolute Gasteiger partial charge is 0.463 e. The SMILES string of the molecule is CC(=O)OC[C@H]1O[C@@H](n2ccc(=O)[nH]c2=O)C=C1C(F)(F)F. The summed E-state index contributed by atoms with van der Waals surface area (Å²) in [5.41, 5.74) is -2.66. The van der Waals surface area contributed by atoms with Crippen LogP contribution in [0.25, 0.3) is 0 Å². The summed E-state index contributed by atoms with van der Waals surface area (Å²) in [5.74, 6) is -0.755. The van der Waals surface area contributed by atoms with Crippen molar-refractivity contribution in [2.75, 3.05) is 6.61 Å². The molecular formula is C12H11F3N2O5. The number of halogens is 3. The van der Waals surface area contributed by atoms with E-state index in [4.69, 9.17) is 4.74 Å². The standard InChI is InChI=1S/C12H11F3N2O5/c1-6(18)21-5-8-7(12(13,14)15)4-10(22-8)17-3-2-9(19)16-11(17)20/h2-4,8,10H,5H2,1H3,(H,16,19,20)/t8-,10-/m1/s1. The number of rotatable bonds is 3. The predicted molar refractivity (Wildman–Crippen MR) is 66.0 cm³/mol. The Balaban J connectivity index is 2.32. The van der Waals surface area contributed by atoms with Crippen molar-refractivity contribution in [1.29, 1.82) is 0 Å². The Bertz CT molecular complexity index is 718. The third kappa shape index (κ3) is 3.45. The first-order valence-electron chi connectivity index (χ1n) is 6.07. The fourth-order valence-electron chi connectivity index (χ4n) is 1.91. The highest BCUT2D eigenvalue weighted by Crippen LogP contribution is 2.37. The molecule has 0 radical (unpaired) electrons. The molecule has 10 heteroatoms. The molecule has 1 aliphatic rings. The van der Waals surface area contributed by atoms with E-state index in [0.717, 1.165) is 23.8 Å². The number of ether oxygens (including phenoxy) is 2. The Labute approximate surface area is 121 Å². The van der Waals surface area contributed by atoms with E-state index in [1.165, 1.54) is 0 Å². The van der Waals surface area contributed by atoms with E-state index in [1.54, 1.807) is 0 Å². The lowest BCUT2D eigenvalue weighted by molar-refractivity contribution is -0.149. The normalized spacial score (nSPS) is 21.5. The van der Waals surface area contributed by atoms with Crippen molar-refractivity contribution in [2.45, 2.75) is 25.4 Å². The van der Waals surface area contributed by atoms with E-state index in [-0.39, 0.29) is 0 Å². The number of aromatic amines is 1. The zero-order valence-electron chi connectivity index (χ0n) is 11.2. The first-order chi connectivity index (χ1) is 10.2. The summed E-state index contributed by atoms with van der Waals surface area (Å²) in [4.78, 5) is 35.2. The summed E-state index contributed by atoms with van der Waals surface area (Å²) >= 11 is 0. The molecule has 0 saturated heterocycles. The molecule has 7 nitrogen and oxygen atoms in total. The Morgan fingerprint density at radius 3 is 2.68 bits per heavy atom. The Morgan fingerprint density at radius 2 is 2.14 bits per heavy atom. The number of nitrogens with zero attached hydrogens (tertiary/aromatic N) is 1. The molecule has 120 valence electrons. The van der Waals surface area contributed by atoms with E-state index in [9.17, 15) is 27.6 Å². The molecule has 0 saturated carbocycles. The fourth-order valence-corrected chi connectivity index (χ4v) is 1.91. The minimum atomic E-state index is -4.70. The highest BCUT2D eigenvalue weighted by Gasteiger charge is 2.45. The number of H-pyrrole nitrogens is 1. The Morgan fingerprint density at radius 1 is 1.45 bits per heavy atom. The van der Waals surface area contributed by atoms with Crippen molar-refractivity contribution in [2.24, 2.45) is 0 Å². The lowest BCUT2D eigenvalue weighted by atomic mass is 10.1. The van der Waals surface area contributed by atoms with E-state index in [0.29, 0.717) is 6.08 Å². The quantitative estimate of drug-likeness (QED) is 0.646. The number of hydrogen-bond donors (Lipinski definition) is 1. The van der Waals surface area contributed by atoms with Gasteiger partial charge in [-0.2, -0.15) is 13.2 Å². The molecule has 0 aromatic carbocycles. The maximum Gasteiger partial charge on any atom is 0.415 e. The van der Waals surface area contributed by atoms with Gasteiger partial charge in [0.05, 0.1) is 5.57 Å². The van der Waals surface area contributed by atoms with E-state index in [1.807, 2.05) is 4.98 Å². The maximum atomic E-state index is 13.0. The van der Waals surface area contributed by atoms with Gasteiger partial charge in [0.25, 0.3) is 5.56 Å². The van der Waals surface area contributed by atoms with Gasteiger partial charge in [-0.05, 0) is 6.08 Å². The molecule has 2 rings (SSSR count). The van der Waals surface area contributed by atoms with Gasteiger partial charge >= 0.3 is 17.8 Å². The lowest BCUT2D eigenvalue weighted by Gasteiger charge is -2.18. The summed E-state index contributed by atoms with van der Waals surface area (Å²) in [6, 6.07) is 0.977. The van der Waals surface area contributed by atoms with Crippen LogP contribution in [0.5, 0.6) is 0 Å². The zero-order valence-corrected chi connectivity index (χ0v) is 11.2. The second-order valence-electron chi connectivity index (χ2n) is 4.46. The first kappa shape index (κ1) is 16.0. The van der Waals surface area contributed by atoms with Crippen molar-refractivity contribution in [3.8, 4) is 0 Å². The second kappa shape index (κ2) is 5.79. The van der Waals surface area contributed by atoms with Crippen LogP contribution in [0.1, 0.15) is 13.2 Å². The molecule has 2 heterocycles. The van der Waals surface area contributed by atoms with Gasteiger partial charge in [0.1, 0.15) is 12.7 Å². The van der Waals surface area contributed by atoms with Gasteiger partial charge in [0, 0.05) is 19.2 Å². The molecule has 1 aromatic rings. The first-order valence-corrected chi connectivity index (χ1v) is 6.07. The summed E-state index contributed by atoms with van der Waals surface area (Å²) in [6.07, 6.45) is -5.89. The Kier molecular flexibility index (Phi) is 4.22. The molecule has 2 atom stereocenters. The average molecular weight is 320 g/mol. The monoisotopic (exact) mass is 320 g/mol. The third-order valence-electron chi connectivity index (χ3n) is 2.86. The highest BCUT2D eigenvalue weighted by molar-refractivity contribution is 5.65. The third-order valence-corrected chi connectivity index (χ3v) is 2.86. The zero-order chi connectivity index (χ0) is 16.5. The number of alkyl halides is 3. The van der Waals surface area contributed by atoms with Crippen LogP contribution < -0.4 is 11.2 Å². The maximum absolute atomic E-state index is 13.0. The van der Waals surface area contributed by atoms with E-state index >= 15 is 0 Å². The van der Waals surface area contributed by atoms with Gasteiger partial charge in [-0.15, -0.1) is 0 Å². The van der Waals surface area contributed by atoms with Crippen LogP contribution >= 0.6 is 0 Å². The number of nitrogens with one attached hydrogen (secondary N) is 1. The van der Waals surface area contributed by atoms with Gasteiger partial charge in [-0.1, -0.05) is 0 Å². The van der Waals surface area contributed by atoms with Crippen molar-refractivity contribution >= 4 is 5.97 Å². The van der Waals surface area contributed by atoms with Crippen molar-refractivity contribution in [3.63, 3.8) is 0 Å². The second-order valence-corrected chi connectivity index (χ2v) is 4.46. The summed E-state index contributed by atoms with van der Waals surface area (Å²) in [5, 5.41) is 0. The van der Waals surface area contributed by atoms with Crippen molar-refractivity contribution in [1.82, 2.24) is 9.55 Å². The van der Waals surface area contributed by atoms with Gasteiger partial charge in [-0.3, -0.25) is 19.1 Å². The number of aromatic nitrogens is 2. The number of carbonyl (C=O) groups excluding carboxylic acids is 1. The predicted octanol–water partition coefficient (Wildman–Crippen LogP) is 0.486. The number of hydrogen-bond acceptors (Lipinski definition) is 5. The summed E-state index contributed by atoms with van der Waals surface area (Å²) in [7, 11) is 0. The number of esters is 1. The molecule has 0 spiro atoms. The molecule has 0 bridgehead atoms. The molecular weight excluding hydrogens is 309 g/mol. The van der Waals surface area contributed by atoms with Gasteiger partial charge in [0.15, 0.2) is 6.23 Å². The van der Waals surface area contributed by atoms with Crippen LogP contribution in [-0.2, 0) is 14.3 Å². The van der Waals surface area contributed by atoms with Gasteiger partial charge in [-0.25, -0.2) is 4.79 Å². The van der Waals surface area contributed by atoms with E-state index in [2.05, 4.69) is 4.74 Å². The minimum Gasteiger partial charge on any atom is -0.463 e. The smallest absolute Gasteiger partial charge is 0.415 e. The van der Waals surface area contributed by atoms with Crippen LogP contribution in [-0.4, -0.2) is 34.4 Å². The molecule has 0 fully saturated rings. The van der Waals surface area contributed by atoms with Crippen LogP contribution in [0.15, 0.2) is 33.5 Å². The summed E-state index contributed by atoms with van der Waals surface area (Å²) in [6.45, 7) is 0.422. The number of carbonyl (C=O) groups is 1. The Hall–Kier alpha value is -2.36. The van der Waals surface area contributed by atoms with Crippen LogP contribution in [0.4, 0.5) is 13.2 Å². The molecule has 0 amide bonds. The topological polar surface area (TPSA) is 90.4 Å². The molecule has 1 aliphatic heterocycles.